The highest BCUT2D eigenvalue weighted by molar-refractivity contribution is 9.26. The molecule has 0 N–H and O–H groups in total. The van der Waals surface area contributed by atoms with Crippen molar-refractivity contribution in [1.29, 1.82) is 0 Å². The summed E-state index contributed by atoms with van der Waals surface area (Å²) in [5.74, 6) is 0.523. The molecule has 106 valence electrons. The maximum atomic E-state index is 3.93. The highest BCUT2D eigenvalue weighted by Gasteiger charge is 2.77. The highest BCUT2D eigenvalue weighted by atomic mass is 79.9. The normalized spacial score (nSPS) is 46.3. The first-order chi connectivity index (χ1) is 8.16. The zero-order valence-electron chi connectivity index (χ0n) is 8.95. The van der Waals surface area contributed by atoms with E-state index in [0.717, 1.165) is 18.2 Å². The van der Waals surface area contributed by atoms with E-state index in [0.29, 0.717) is 10.7 Å². The molecule has 2 rings (SSSR count). The maximum absolute atomic E-state index is 3.93. The average molecular weight is 769 g/mol. The van der Waals surface area contributed by atoms with Crippen molar-refractivity contribution in [1.82, 2.24) is 0 Å². The van der Waals surface area contributed by atoms with Crippen molar-refractivity contribution in [2.75, 3.05) is 5.33 Å². The Kier molecular flexibility index (Phi) is 6.11. The molecule has 2 bridgehead atoms. The molecule has 2 aliphatic rings. The molecule has 0 saturated heterocycles. The Morgan fingerprint density at radius 3 is 1.94 bits per heavy atom. The van der Waals surface area contributed by atoms with Gasteiger partial charge in [-0.05, 0) is 18.8 Å². The zero-order valence-corrected chi connectivity index (χ0v) is 21.6. The van der Waals surface area contributed by atoms with E-state index in [2.05, 4.69) is 127 Å². The van der Waals surface area contributed by atoms with Crippen molar-refractivity contribution >= 4 is 127 Å². The molecule has 0 heterocycles. The molecule has 18 heavy (non-hydrogen) atoms. The predicted octanol–water partition coefficient (Wildman–Crippen LogP) is 7.26. The Bertz CT molecular complexity index is 335. The molecule has 0 spiro atoms. The standard InChI is InChI=1S/C10H10Br8/c11-3-9(7(15)16)4-1-5(12)8(9,6(13)14)2-10(4,17)18/h4-7H,1-3H2/t4-,5-,8?,9?/m0/s1. The molecular formula is C10H10Br8. The summed E-state index contributed by atoms with van der Waals surface area (Å²) in [5, 5.41) is 0.945. The van der Waals surface area contributed by atoms with Crippen LogP contribution in [0.25, 0.3) is 0 Å². The molecule has 2 fully saturated rings. The topological polar surface area (TPSA) is 0 Å². The van der Waals surface area contributed by atoms with Gasteiger partial charge in [0.1, 0.15) is 0 Å². The molecule has 0 aromatic heterocycles. The van der Waals surface area contributed by atoms with Crippen LogP contribution >= 0.6 is 127 Å². The second-order valence-electron chi connectivity index (χ2n) is 5.01. The van der Waals surface area contributed by atoms with Gasteiger partial charge in [-0.25, -0.2) is 0 Å². The first kappa shape index (κ1) is 18.2. The van der Waals surface area contributed by atoms with Crippen LogP contribution in [-0.4, -0.2) is 20.9 Å². The van der Waals surface area contributed by atoms with E-state index >= 15 is 0 Å². The number of hydrogen-bond donors (Lipinski definition) is 0. The molecule has 2 saturated carbocycles. The number of halogens is 8. The summed E-state index contributed by atoms with van der Waals surface area (Å²) in [6.45, 7) is 0. The van der Waals surface area contributed by atoms with E-state index in [1.165, 1.54) is 0 Å². The van der Waals surface area contributed by atoms with E-state index in [-0.39, 0.29) is 21.5 Å². The molecule has 2 unspecified atom stereocenters. The second-order valence-corrected chi connectivity index (χ2v) is 16.7. The molecule has 0 aromatic rings. The zero-order chi connectivity index (χ0) is 13.9. The first-order valence-corrected chi connectivity index (χ1v) is 12.6. The van der Waals surface area contributed by atoms with E-state index in [4.69, 9.17) is 0 Å². The Morgan fingerprint density at radius 2 is 1.61 bits per heavy atom. The third-order valence-electron chi connectivity index (χ3n) is 4.53. The van der Waals surface area contributed by atoms with Crippen LogP contribution in [0.2, 0.25) is 0 Å². The van der Waals surface area contributed by atoms with Crippen molar-refractivity contribution in [3.8, 4) is 0 Å². The minimum atomic E-state index is -0.00236. The van der Waals surface area contributed by atoms with Gasteiger partial charge in [0, 0.05) is 21.0 Å². The SMILES string of the molecule is BrCC1(C(Br)Br)[C@@H]2C[C@H](Br)C1(C(Br)Br)CC2(Br)Br. The summed E-state index contributed by atoms with van der Waals surface area (Å²) in [4.78, 5) is 0.483. The Balaban J connectivity index is 2.64. The molecule has 0 nitrogen and oxygen atoms in total. The van der Waals surface area contributed by atoms with E-state index in [1.807, 2.05) is 0 Å². The number of fused-ring (bicyclic) bond motifs is 2. The van der Waals surface area contributed by atoms with Gasteiger partial charge >= 0.3 is 0 Å². The van der Waals surface area contributed by atoms with Crippen LogP contribution in [0.4, 0.5) is 0 Å². The lowest BCUT2D eigenvalue weighted by Crippen LogP contribution is -2.49. The van der Waals surface area contributed by atoms with Gasteiger partial charge in [0.25, 0.3) is 0 Å². The average Bonchev–Trinajstić information content (AvgIpc) is 2.61. The Morgan fingerprint density at radius 1 is 1.06 bits per heavy atom. The molecule has 0 aromatic carbocycles. The molecule has 0 aliphatic heterocycles. The molecule has 4 atom stereocenters. The fourth-order valence-electron chi connectivity index (χ4n) is 3.63. The summed E-state index contributed by atoms with van der Waals surface area (Å²) in [7, 11) is 0. The highest BCUT2D eigenvalue weighted by Crippen LogP contribution is 2.79. The van der Waals surface area contributed by atoms with Crippen LogP contribution in [-0.2, 0) is 0 Å². The van der Waals surface area contributed by atoms with Crippen LogP contribution in [0.15, 0.2) is 0 Å². The Labute approximate surface area is 175 Å². The maximum Gasteiger partial charge on any atom is 0.0847 e. The lowest BCUT2D eigenvalue weighted by Gasteiger charge is -2.46. The summed E-state index contributed by atoms with van der Waals surface area (Å²) in [6.07, 6.45) is 2.20. The van der Waals surface area contributed by atoms with E-state index < -0.39 is 0 Å². The summed E-state index contributed by atoms with van der Waals surface area (Å²) in [5.41, 5.74) is 0.206. The quantitative estimate of drug-likeness (QED) is 0.266. The molecular weight excluding hydrogens is 759 g/mol. The summed E-state index contributed by atoms with van der Waals surface area (Å²) in [6, 6.07) is 0. The van der Waals surface area contributed by atoms with Crippen molar-refractivity contribution in [3.63, 3.8) is 0 Å². The Hall–Kier alpha value is 3.84. The van der Waals surface area contributed by atoms with Crippen LogP contribution in [0, 0.1) is 16.7 Å². The number of rotatable bonds is 3. The lowest BCUT2D eigenvalue weighted by atomic mass is 9.70. The van der Waals surface area contributed by atoms with Crippen molar-refractivity contribution < 1.29 is 0 Å². The van der Waals surface area contributed by atoms with Gasteiger partial charge in [0.15, 0.2) is 0 Å². The largest absolute Gasteiger partial charge is 0.0921 e. The lowest BCUT2D eigenvalue weighted by molar-refractivity contribution is 0.166. The minimum absolute atomic E-state index is 0.00236. The molecule has 0 radical (unpaired) electrons. The van der Waals surface area contributed by atoms with Gasteiger partial charge in [-0.1, -0.05) is 127 Å². The molecule has 0 amide bonds. The van der Waals surface area contributed by atoms with Gasteiger partial charge < -0.3 is 0 Å². The number of alkyl halides is 8. The van der Waals surface area contributed by atoms with E-state index in [1.54, 1.807) is 0 Å². The van der Waals surface area contributed by atoms with Gasteiger partial charge in [0.05, 0.1) is 10.7 Å². The summed E-state index contributed by atoms with van der Waals surface area (Å²) < 4.78 is 0.496. The third kappa shape index (κ3) is 2.26. The second kappa shape index (κ2) is 6.04. The monoisotopic (exact) mass is 761 g/mol. The van der Waals surface area contributed by atoms with E-state index in [9.17, 15) is 0 Å². The van der Waals surface area contributed by atoms with Crippen LogP contribution in [0.3, 0.4) is 0 Å². The van der Waals surface area contributed by atoms with Crippen molar-refractivity contribution in [2.24, 2.45) is 16.7 Å². The van der Waals surface area contributed by atoms with Gasteiger partial charge in [0.2, 0.25) is 0 Å². The molecule has 2 aliphatic carbocycles. The third-order valence-corrected chi connectivity index (χ3v) is 11.6. The number of hydrogen-bond acceptors (Lipinski definition) is 0. The van der Waals surface area contributed by atoms with Gasteiger partial charge in [-0.3, -0.25) is 0 Å². The smallest absolute Gasteiger partial charge is 0.0847 e. The predicted molar refractivity (Wildman–Crippen MR) is 108 cm³/mol. The van der Waals surface area contributed by atoms with Crippen LogP contribution < -0.4 is 0 Å². The van der Waals surface area contributed by atoms with Crippen molar-refractivity contribution in [2.45, 2.75) is 28.4 Å². The van der Waals surface area contributed by atoms with Crippen LogP contribution in [0.1, 0.15) is 12.8 Å². The molecule has 8 heteroatoms. The summed E-state index contributed by atoms with van der Waals surface area (Å²) >= 11 is 30.7. The van der Waals surface area contributed by atoms with Crippen LogP contribution in [0.5, 0.6) is 0 Å². The first-order valence-electron chi connectivity index (χ1n) is 5.31. The van der Waals surface area contributed by atoms with Crippen molar-refractivity contribution in [3.05, 3.63) is 0 Å². The minimum Gasteiger partial charge on any atom is -0.0921 e. The van der Waals surface area contributed by atoms with Gasteiger partial charge in [-0.2, -0.15) is 0 Å². The fraction of sp³-hybridized carbons (Fsp3) is 1.00. The fourth-order valence-corrected chi connectivity index (χ4v) is 13.4. The van der Waals surface area contributed by atoms with Gasteiger partial charge in [-0.15, -0.1) is 0 Å².